The molecule has 3 aliphatic heterocycles. The zero-order chi connectivity index (χ0) is 49.8. The van der Waals surface area contributed by atoms with Crippen LogP contribution in [0.5, 0.6) is 0 Å². The Morgan fingerprint density at radius 2 is 1.59 bits per heavy atom. The van der Waals surface area contributed by atoms with Crippen molar-refractivity contribution in [3.8, 4) is 26.6 Å². The van der Waals surface area contributed by atoms with E-state index in [1.807, 2.05) is 101 Å². The quantitative estimate of drug-likeness (QED) is 0.114. The number of anilines is 1. The Kier molecular flexibility index (Phi) is 13.2. The maximum atomic E-state index is 14.5. The summed E-state index contributed by atoms with van der Waals surface area (Å²) in [7, 11) is 0. The van der Waals surface area contributed by atoms with Crippen LogP contribution < -0.4 is 15.5 Å². The molecule has 2 aromatic carbocycles. The SMILES string of the molecule is Cc1ncsc1-c1ccc([C@H](C)NC(=O)[C@@H]2C[C@@H](C)CN2C(=O)[C@H](C(C)C)n2cc(-c3ccc(N4CC(NC(=O)C[C@@H]5N=C(c6ccc(Cl)cc6)c6c(sc(C)c6C)-n6c(C)nnc65)C4)nc3)cn2)cc1. The highest BCUT2D eigenvalue weighted by atomic mass is 35.5. The molecule has 0 spiro atoms. The molecule has 8 heterocycles. The maximum Gasteiger partial charge on any atom is 0.248 e. The number of rotatable bonds is 13. The lowest BCUT2D eigenvalue weighted by atomic mass is 9.99. The van der Waals surface area contributed by atoms with Crippen molar-refractivity contribution in [1.29, 1.82) is 0 Å². The molecule has 3 amide bonds. The van der Waals surface area contributed by atoms with Crippen molar-refractivity contribution in [1.82, 2.24) is 50.0 Å². The Morgan fingerprint density at radius 3 is 2.28 bits per heavy atom. The molecule has 2 fully saturated rings. The van der Waals surface area contributed by atoms with Crippen molar-refractivity contribution in [2.45, 2.75) is 98.4 Å². The molecule has 5 atom stereocenters. The summed E-state index contributed by atoms with van der Waals surface area (Å²) in [6, 6.07) is 17.8. The fourth-order valence-corrected chi connectivity index (χ4v) is 12.2. The second-order valence-corrected chi connectivity index (χ2v) is 22.0. The first-order valence-corrected chi connectivity index (χ1v) is 26.2. The number of aromatic nitrogens is 7. The van der Waals surface area contributed by atoms with Gasteiger partial charge in [0.2, 0.25) is 17.7 Å². The summed E-state index contributed by atoms with van der Waals surface area (Å²) in [5, 5.41) is 21.8. The van der Waals surface area contributed by atoms with Crippen molar-refractivity contribution in [2.75, 3.05) is 24.5 Å². The lowest BCUT2D eigenvalue weighted by Gasteiger charge is -2.40. The van der Waals surface area contributed by atoms with Crippen LogP contribution in [0.1, 0.15) is 103 Å². The number of thiazole rings is 1. The lowest BCUT2D eigenvalue weighted by molar-refractivity contribution is -0.142. The van der Waals surface area contributed by atoms with E-state index >= 15 is 0 Å². The number of nitrogens with zero attached hydrogens (tertiary/aromatic N) is 10. The number of pyridine rings is 1. The van der Waals surface area contributed by atoms with E-state index < -0.39 is 18.1 Å². The van der Waals surface area contributed by atoms with E-state index in [0.717, 1.165) is 71.9 Å². The molecular weight excluding hydrogens is 952 g/mol. The lowest BCUT2D eigenvalue weighted by Crippen LogP contribution is -2.59. The number of nitrogens with one attached hydrogen (secondary N) is 2. The molecule has 2 N–H and O–H groups in total. The fourth-order valence-electron chi connectivity index (χ4n) is 10.0. The summed E-state index contributed by atoms with van der Waals surface area (Å²) in [4.78, 5) is 62.8. The van der Waals surface area contributed by atoms with Crippen LogP contribution in [0.2, 0.25) is 5.02 Å². The van der Waals surface area contributed by atoms with Gasteiger partial charge in [0.05, 0.1) is 46.5 Å². The van der Waals surface area contributed by atoms with E-state index in [2.05, 4.69) is 68.2 Å². The van der Waals surface area contributed by atoms with Gasteiger partial charge >= 0.3 is 0 Å². The van der Waals surface area contributed by atoms with Gasteiger partial charge in [-0.05, 0) is 93.8 Å². The number of fused-ring (bicyclic) bond motifs is 3. The molecule has 18 heteroatoms. The minimum absolute atomic E-state index is 0.0615. The molecule has 5 aromatic heterocycles. The number of halogens is 1. The number of carbonyl (C=O) groups is 3. The first-order chi connectivity index (χ1) is 34.1. The monoisotopic (exact) mass is 1010 g/mol. The van der Waals surface area contributed by atoms with Crippen LogP contribution >= 0.6 is 34.3 Å². The summed E-state index contributed by atoms with van der Waals surface area (Å²) < 4.78 is 3.79. The predicted molar refractivity (Wildman–Crippen MR) is 279 cm³/mol. The number of likely N-dealkylation sites (tertiary alicyclic amines) is 1. The highest BCUT2D eigenvalue weighted by molar-refractivity contribution is 7.15. The van der Waals surface area contributed by atoms with Gasteiger partial charge in [0.25, 0.3) is 0 Å². The van der Waals surface area contributed by atoms with E-state index in [-0.39, 0.29) is 48.1 Å². The van der Waals surface area contributed by atoms with Crippen molar-refractivity contribution in [2.24, 2.45) is 16.8 Å². The van der Waals surface area contributed by atoms with Gasteiger partial charge in [0.1, 0.15) is 34.8 Å². The van der Waals surface area contributed by atoms with E-state index in [1.54, 1.807) is 38.5 Å². The van der Waals surface area contributed by atoms with Crippen molar-refractivity contribution in [3.63, 3.8) is 0 Å². The van der Waals surface area contributed by atoms with Crippen molar-refractivity contribution >= 4 is 63.5 Å². The average molecular weight is 1010 g/mol. The molecule has 0 unspecified atom stereocenters. The van der Waals surface area contributed by atoms with E-state index in [4.69, 9.17) is 26.7 Å². The molecular formula is C53H57ClN12O3S2. The van der Waals surface area contributed by atoms with Gasteiger partial charge in [-0.1, -0.05) is 68.8 Å². The standard InChI is InChI=1S/C53H57ClN12O3S2/c1-28(2)48(52(69)64-23-29(3)19-43(64)51(68)58-31(5)35-9-11-37(12-10-35)49-32(6)56-27-70-49)65-24-39(22-57-65)38-15-18-44(55-21-38)63-25-41(26-63)59-45(67)20-42-50-62-61-34(8)66(50)53-46(30(4)33(7)71-53)47(60-42)36-13-16-40(54)17-14-36/h9-18,21-22,24,27-29,31,41-43,48H,19-20,23,25-26H2,1-8H3,(H,58,68)(H,59,67)/t29-,31+,42+,43+,48+/m1/s1. The third-order valence-electron chi connectivity index (χ3n) is 14.0. The van der Waals surface area contributed by atoms with Gasteiger partial charge in [-0.15, -0.1) is 32.9 Å². The first kappa shape index (κ1) is 48.1. The van der Waals surface area contributed by atoms with Crippen LogP contribution in [0, 0.1) is 39.5 Å². The number of thiophene rings is 1. The van der Waals surface area contributed by atoms with E-state index in [0.29, 0.717) is 36.9 Å². The molecule has 0 radical (unpaired) electrons. The molecule has 3 aliphatic rings. The molecule has 0 bridgehead atoms. The first-order valence-electron chi connectivity index (χ1n) is 24.1. The Morgan fingerprint density at radius 1 is 0.859 bits per heavy atom. The Labute approximate surface area is 426 Å². The number of carbonyl (C=O) groups excluding carboxylic acids is 3. The number of aryl methyl sites for hydroxylation is 3. The third-order valence-corrected chi connectivity index (χ3v) is 16.5. The van der Waals surface area contributed by atoms with Gasteiger partial charge in [0, 0.05) is 64.2 Å². The highest BCUT2D eigenvalue weighted by Crippen LogP contribution is 2.40. The van der Waals surface area contributed by atoms with Gasteiger partial charge in [0.15, 0.2) is 5.82 Å². The average Bonchev–Trinajstić information content (AvgIpc) is 4.18. The smallest absolute Gasteiger partial charge is 0.248 e. The van der Waals surface area contributed by atoms with E-state index in [1.165, 1.54) is 4.88 Å². The molecule has 15 nitrogen and oxygen atoms in total. The van der Waals surface area contributed by atoms with Gasteiger partial charge in [-0.25, -0.2) is 9.97 Å². The van der Waals surface area contributed by atoms with Gasteiger partial charge in [-0.3, -0.25) is 28.6 Å². The number of amides is 3. The molecule has 0 saturated carbocycles. The zero-order valence-electron chi connectivity index (χ0n) is 41.1. The number of hydrogen-bond acceptors (Lipinski definition) is 12. The molecule has 10 rings (SSSR count). The third kappa shape index (κ3) is 9.42. The van der Waals surface area contributed by atoms with Crippen LogP contribution in [0.3, 0.4) is 0 Å². The second kappa shape index (κ2) is 19.6. The van der Waals surface area contributed by atoms with Crippen molar-refractivity contribution in [3.05, 3.63) is 134 Å². The minimum Gasteiger partial charge on any atom is -0.352 e. The van der Waals surface area contributed by atoms with Crippen LogP contribution in [0.25, 0.3) is 26.6 Å². The fraction of sp³-hybridized carbons (Fsp3) is 0.377. The highest BCUT2D eigenvalue weighted by Gasteiger charge is 2.42. The number of benzene rings is 2. The maximum absolute atomic E-state index is 14.5. The van der Waals surface area contributed by atoms with Crippen molar-refractivity contribution < 1.29 is 14.4 Å². The normalized spacial score (nSPS) is 18.6. The Bertz CT molecular complexity index is 3150. The molecule has 2 saturated heterocycles. The predicted octanol–water partition coefficient (Wildman–Crippen LogP) is 9.20. The molecule has 0 aliphatic carbocycles. The summed E-state index contributed by atoms with van der Waals surface area (Å²) in [5.41, 5.74) is 10.5. The van der Waals surface area contributed by atoms with E-state index in [9.17, 15) is 14.4 Å². The van der Waals surface area contributed by atoms with Crippen LogP contribution in [0.15, 0.2) is 89.8 Å². The van der Waals surface area contributed by atoms with Gasteiger partial charge in [-0.2, -0.15) is 5.10 Å². The van der Waals surface area contributed by atoms with Crippen LogP contribution in [-0.2, 0) is 14.4 Å². The Hall–Kier alpha value is -6.56. The molecule has 366 valence electrons. The molecule has 71 heavy (non-hydrogen) atoms. The topological polar surface area (TPSA) is 168 Å². The Balaban J connectivity index is 0.764. The summed E-state index contributed by atoms with van der Waals surface area (Å²) in [6.07, 6.45) is 6.17. The van der Waals surface area contributed by atoms with Gasteiger partial charge < -0.3 is 20.4 Å². The summed E-state index contributed by atoms with van der Waals surface area (Å²) >= 11 is 9.58. The zero-order valence-corrected chi connectivity index (χ0v) is 43.4. The van der Waals surface area contributed by atoms with Crippen LogP contribution in [0.4, 0.5) is 5.82 Å². The molecule has 7 aromatic rings. The summed E-state index contributed by atoms with van der Waals surface area (Å²) in [6.45, 7) is 18.0. The largest absolute Gasteiger partial charge is 0.352 e. The van der Waals surface area contributed by atoms with Crippen LogP contribution in [-0.4, -0.2) is 94.6 Å². The second-order valence-electron chi connectivity index (χ2n) is 19.5. The number of aliphatic imine (C=N–C) groups is 1. The number of hydrogen-bond donors (Lipinski definition) is 2. The minimum atomic E-state index is -0.602. The summed E-state index contributed by atoms with van der Waals surface area (Å²) in [5.74, 6) is 1.88.